The maximum atomic E-state index is 9.05. The molecule has 4 aromatic rings. The Morgan fingerprint density at radius 3 is 2.52 bits per heavy atom. The van der Waals surface area contributed by atoms with Crippen LogP contribution in [0.1, 0.15) is 22.5 Å². The Balaban J connectivity index is 1.53. The van der Waals surface area contributed by atoms with Crippen LogP contribution in [0.25, 0.3) is 11.4 Å². The van der Waals surface area contributed by atoms with Crippen LogP contribution in [0.4, 0.5) is 0 Å². The lowest BCUT2D eigenvalue weighted by Gasteiger charge is -2.09. The summed E-state index contributed by atoms with van der Waals surface area (Å²) in [6.07, 6.45) is 3.64. The molecule has 0 spiro atoms. The predicted octanol–water partition coefficient (Wildman–Crippen LogP) is 4.78. The normalized spacial score (nSPS) is 10.7. The number of aromatic nitrogens is 4. The summed E-state index contributed by atoms with van der Waals surface area (Å²) in [6, 6.07) is 17.0. The lowest BCUT2D eigenvalue weighted by molar-refractivity contribution is 0.304. The van der Waals surface area contributed by atoms with Gasteiger partial charge >= 0.3 is 0 Å². The third kappa shape index (κ3) is 3.73. The number of aryl methyl sites for hydroxylation is 1. The number of halogens is 1. The van der Waals surface area contributed by atoms with Gasteiger partial charge in [0.2, 0.25) is 0 Å². The molecule has 4 rings (SSSR count). The number of ether oxygens (including phenoxy) is 1. The highest BCUT2D eigenvalue weighted by molar-refractivity contribution is 6.31. The highest BCUT2D eigenvalue weighted by atomic mass is 35.5. The van der Waals surface area contributed by atoms with E-state index in [1.165, 1.54) is 0 Å². The Morgan fingerprint density at radius 1 is 1.10 bits per heavy atom. The fourth-order valence-corrected chi connectivity index (χ4v) is 3.35. The van der Waals surface area contributed by atoms with Crippen molar-refractivity contribution < 1.29 is 4.74 Å². The molecule has 0 unspecified atom stereocenters. The molecular weight excluding hydrogens is 386 g/mol. The van der Waals surface area contributed by atoms with E-state index in [1.54, 1.807) is 23.0 Å². The summed E-state index contributed by atoms with van der Waals surface area (Å²) < 4.78 is 9.60. The summed E-state index contributed by atoms with van der Waals surface area (Å²) in [4.78, 5) is 0. The molecule has 0 aliphatic carbocycles. The molecule has 0 aliphatic rings. The molecule has 7 heteroatoms. The summed E-state index contributed by atoms with van der Waals surface area (Å²) in [5.74, 6) is 0.772. The van der Waals surface area contributed by atoms with Gasteiger partial charge in [0.05, 0.1) is 27.7 Å². The Kier molecular flexibility index (Phi) is 5.07. The Bertz CT molecular complexity index is 1190. The Morgan fingerprint density at radius 2 is 1.86 bits per heavy atom. The third-order valence-corrected chi connectivity index (χ3v) is 5.06. The van der Waals surface area contributed by atoms with Crippen LogP contribution in [0.3, 0.4) is 0 Å². The molecule has 0 atom stereocenters. The van der Waals surface area contributed by atoms with E-state index in [9.17, 15) is 0 Å². The van der Waals surface area contributed by atoms with Crippen LogP contribution >= 0.6 is 11.6 Å². The van der Waals surface area contributed by atoms with Crippen molar-refractivity contribution in [2.24, 2.45) is 0 Å². The van der Waals surface area contributed by atoms with Crippen LogP contribution in [0.2, 0.25) is 5.02 Å². The average molecular weight is 404 g/mol. The molecule has 0 amide bonds. The van der Waals surface area contributed by atoms with Crippen molar-refractivity contribution in [3.8, 4) is 23.2 Å². The van der Waals surface area contributed by atoms with Crippen molar-refractivity contribution in [2.45, 2.75) is 20.5 Å². The first kappa shape index (κ1) is 18.8. The average Bonchev–Trinajstić information content (AvgIpc) is 3.36. The van der Waals surface area contributed by atoms with Gasteiger partial charge < -0.3 is 4.74 Å². The second-order valence-electron chi connectivity index (χ2n) is 6.57. The van der Waals surface area contributed by atoms with E-state index in [2.05, 4.69) is 16.3 Å². The summed E-state index contributed by atoms with van der Waals surface area (Å²) in [5, 5.41) is 18.3. The molecular formula is C22H18ClN5O. The Hall–Kier alpha value is -3.56. The topological polar surface area (TPSA) is 68.7 Å². The zero-order chi connectivity index (χ0) is 20.4. The molecule has 0 radical (unpaired) electrons. The third-order valence-electron chi connectivity index (χ3n) is 4.75. The summed E-state index contributed by atoms with van der Waals surface area (Å²) in [5.41, 5.74) is 5.10. The van der Waals surface area contributed by atoms with E-state index in [0.29, 0.717) is 17.2 Å². The van der Waals surface area contributed by atoms with Gasteiger partial charge in [-0.25, -0.2) is 9.36 Å². The minimum Gasteiger partial charge on any atom is -0.489 e. The maximum Gasteiger partial charge on any atom is 0.119 e. The summed E-state index contributed by atoms with van der Waals surface area (Å²) in [6.45, 7) is 4.35. The van der Waals surface area contributed by atoms with E-state index >= 15 is 0 Å². The van der Waals surface area contributed by atoms with E-state index < -0.39 is 0 Å². The van der Waals surface area contributed by atoms with Gasteiger partial charge in [0, 0.05) is 23.7 Å². The highest BCUT2D eigenvalue weighted by Gasteiger charge is 2.14. The van der Waals surface area contributed by atoms with Gasteiger partial charge in [-0.05, 0) is 62.4 Å². The molecule has 0 aliphatic heterocycles. The van der Waals surface area contributed by atoms with Crippen LogP contribution in [0.15, 0.2) is 60.9 Å². The smallest absolute Gasteiger partial charge is 0.119 e. The first-order chi connectivity index (χ1) is 14.1. The molecule has 0 fully saturated rings. The van der Waals surface area contributed by atoms with Crippen LogP contribution in [0, 0.1) is 25.2 Å². The van der Waals surface area contributed by atoms with Gasteiger partial charge in [0.1, 0.15) is 18.4 Å². The number of nitriles is 1. The van der Waals surface area contributed by atoms with Gasteiger partial charge in [-0.15, -0.1) is 0 Å². The Labute approximate surface area is 173 Å². The van der Waals surface area contributed by atoms with Crippen molar-refractivity contribution in [3.05, 3.63) is 88.5 Å². The molecule has 0 bridgehead atoms. The molecule has 29 heavy (non-hydrogen) atoms. The fourth-order valence-electron chi connectivity index (χ4n) is 3.13. The summed E-state index contributed by atoms with van der Waals surface area (Å²) >= 11 is 6.17. The van der Waals surface area contributed by atoms with Crippen molar-refractivity contribution >= 4 is 11.6 Å². The van der Waals surface area contributed by atoms with Crippen molar-refractivity contribution in [1.82, 2.24) is 19.6 Å². The minimum atomic E-state index is 0.406. The van der Waals surface area contributed by atoms with Crippen molar-refractivity contribution in [3.63, 3.8) is 0 Å². The number of benzene rings is 2. The maximum absolute atomic E-state index is 9.05. The second-order valence-corrected chi connectivity index (χ2v) is 6.98. The van der Waals surface area contributed by atoms with E-state index in [4.69, 9.17) is 21.6 Å². The first-order valence-electron chi connectivity index (χ1n) is 9.05. The standard InChI is InChI=1S/C22H18ClN5O/c1-15-21(14-29-20-8-6-18(7-9-20)27-11-3-10-25-27)16(2)28(26-15)19-5-4-17(13-24)22(23)12-19/h3-12H,14H2,1-2H3. The minimum absolute atomic E-state index is 0.406. The van der Waals surface area contributed by atoms with Crippen LogP contribution in [-0.2, 0) is 6.61 Å². The van der Waals surface area contributed by atoms with Crippen LogP contribution < -0.4 is 4.74 Å². The molecule has 144 valence electrons. The number of hydrogen-bond donors (Lipinski definition) is 0. The lowest BCUT2D eigenvalue weighted by atomic mass is 10.2. The molecule has 0 saturated heterocycles. The van der Waals surface area contributed by atoms with E-state index in [-0.39, 0.29) is 0 Å². The fraction of sp³-hybridized carbons (Fsp3) is 0.136. The van der Waals surface area contributed by atoms with Gasteiger partial charge in [-0.2, -0.15) is 15.5 Å². The molecule has 6 nitrogen and oxygen atoms in total. The largest absolute Gasteiger partial charge is 0.489 e. The lowest BCUT2D eigenvalue weighted by Crippen LogP contribution is -2.02. The number of rotatable bonds is 5. The van der Waals surface area contributed by atoms with Crippen molar-refractivity contribution in [2.75, 3.05) is 0 Å². The first-order valence-corrected chi connectivity index (χ1v) is 9.42. The second kappa shape index (κ2) is 7.82. The quantitative estimate of drug-likeness (QED) is 0.481. The molecule has 0 saturated carbocycles. The molecule has 0 N–H and O–H groups in total. The molecule has 2 heterocycles. The van der Waals surface area contributed by atoms with E-state index in [1.807, 2.05) is 61.1 Å². The zero-order valence-electron chi connectivity index (χ0n) is 16.0. The van der Waals surface area contributed by atoms with Crippen LogP contribution in [-0.4, -0.2) is 19.6 Å². The SMILES string of the molecule is Cc1nn(-c2ccc(C#N)c(Cl)c2)c(C)c1COc1ccc(-n2cccn2)cc1. The summed E-state index contributed by atoms with van der Waals surface area (Å²) in [7, 11) is 0. The number of nitrogens with zero attached hydrogens (tertiary/aromatic N) is 5. The highest BCUT2D eigenvalue weighted by Crippen LogP contribution is 2.24. The van der Waals surface area contributed by atoms with Gasteiger partial charge in [0.25, 0.3) is 0 Å². The number of hydrogen-bond acceptors (Lipinski definition) is 4. The van der Waals surface area contributed by atoms with E-state index in [0.717, 1.165) is 34.1 Å². The van der Waals surface area contributed by atoms with Gasteiger partial charge in [0.15, 0.2) is 0 Å². The molecule has 2 aromatic carbocycles. The predicted molar refractivity (Wildman–Crippen MR) is 111 cm³/mol. The van der Waals surface area contributed by atoms with Gasteiger partial charge in [-0.1, -0.05) is 11.6 Å². The van der Waals surface area contributed by atoms with Crippen molar-refractivity contribution in [1.29, 1.82) is 5.26 Å². The molecule has 2 aromatic heterocycles. The van der Waals surface area contributed by atoms with Gasteiger partial charge in [-0.3, -0.25) is 0 Å². The zero-order valence-corrected chi connectivity index (χ0v) is 16.8. The monoisotopic (exact) mass is 403 g/mol. The van der Waals surface area contributed by atoms with Crippen LogP contribution in [0.5, 0.6) is 5.75 Å².